The van der Waals surface area contributed by atoms with Gasteiger partial charge in [0.1, 0.15) is 18.3 Å². The van der Waals surface area contributed by atoms with E-state index in [2.05, 4.69) is 25.1 Å². The third-order valence-corrected chi connectivity index (χ3v) is 10.4. The van der Waals surface area contributed by atoms with Crippen LogP contribution in [0, 0.1) is 28.6 Å². The maximum Gasteiger partial charge on any atom is 0.344 e. The Morgan fingerprint density at radius 3 is 2.53 bits per heavy atom. The van der Waals surface area contributed by atoms with Gasteiger partial charge in [0.25, 0.3) is 0 Å². The summed E-state index contributed by atoms with van der Waals surface area (Å²) < 4.78 is 11.7. The molecule has 3 saturated carbocycles. The third kappa shape index (κ3) is 4.56. The number of oxime groups is 1. The van der Waals surface area contributed by atoms with E-state index in [0.29, 0.717) is 24.2 Å². The van der Waals surface area contributed by atoms with Crippen LogP contribution in [0.1, 0.15) is 65.2 Å². The van der Waals surface area contributed by atoms with Crippen LogP contribution in [0.25, 0.3) is 0 Å². The second kappa shape index (κ2) is 10.2. The summed E-state index contributed by atoms with van der Waals surface area (Å²) in [7, 11) is 0. The summed E-state index contributed by atoms with van der Waals surface area (Å²) in [6.07, 6.45) is 1.13. The fourth-order valence-electron chi connectivity index (χ4n) is 8.25. The lowest BCUT2D eigenvalue weighted by atomic mass is 9.48. The van der Waals surface area contributed by atoms with Crippen molar-refractivity contribution < 1.29 is 49.4 Å². The van der Waals surface area contributed by atoms with Gasteiger partial charge in [0.05, 0.1) is 11.8 Å². The van der Waals surface area contributed by atoms with Crippen molar-refractivity contribution in [3.63, 3.8) is 0 Å². The molecule has 0 amide bonds. The lowest BCUT2D eigenvalue weighted by Gasteiger charge is -2.57. The Bertz CT molecular complexity index is 1010. The molecule has 5 aliphatic rings. The fourth-order valence-corrected chi connectivity index (χ4v) is 8.25. The van der Waals surface area contributed by atoms with Crippen molar-refractivity contribution in [2.45, 2.75) is 102 Å². The maximum absolute atomic E-state index is 11.5. The monoisotopic (exact) mass is 537 g/mol. The van der Waals surface area contributed by atoms with Crippen LogP contribution in [0.4, 0.5) is 0 Å². The van der Waals surface area contributed by atoms with E-state index in [1.165, 1.54) is 5.57 Å². The Labute approximate surface area is 221 Å². The summed E-state index contributed by atoms with van der Waals surface area (Å²) in [6.45, 7) is 4.13. The van der Waals surface area contributed by atoms with Gasteiger partial charge in [0.15, 0.2) is 12.4 Å². The van der Waals surface area contributed by atoms with Crippen LogP contribution in [-0.2, 0) is 23.9 Å². The first-order chi connectivity index (χ1) is 18.0. The van der Waals surface area contributed by atoms with E-state index in [1.54, 1.807) is 0 Å². The van der Waals surface area contributed by atoms with E-state index in [9.17, 15) is 30.0 Å². The molecule has 1 heterocycles. The van der Waals surface area contributed by atoms with Crippen molar-refractivity contribution in [1.29, 1.82) is 0 Å². The van der Waals surface area contributed by atoms with E-state index >= 15 is 0 Å². The molecule has 11 heteroatoms. The quantitative estimate of drug-likeness (QED) is 0.248. The van der Waals surface area contributed by atoms with E-state index in [0.717, 1.165) is 50.7 Å². The number of fused-ring (bicyclic) bond motifs is 5. The van der Waals surface area contributed by atoms with Gasteiger partial charge in [-0.15, -0.1) is 0 Å². The Morgan fingerprint density at radius 1 is 1.05 bits per heavy atom. The second-order valence-electron chi connectivity index (χ2n) is 12.2. The van der Waals surface area contributed by atoms with Crippen LogP contribution in [0.3, 0.4) is 0 Å². The number of allylic oxidation sites excluding steroid dienone is 2. The summed E-state index contributed by atoms with van der Waals surface area (Å²) in [5.74, 6) is -1.10. The zero-order valence-corrected chi connectivity index (χ0v) is 21.9. The highest BCUT2D eigenvalue weighted by molar-refractivity contribution is 5.87. The van der Waals surface area contributed by atoms with Crippen LogP contribution < -0.4 is 0 Å². The van der Waals surface area contributed by atoms with Crippen LogP contribution >= 0.6 is 0 Å². The maximum atomic E-state index is 11.5. The van der Waals surface area contributed by atoms with Gasteiger partial charge < -0.3 is 39.8 Å². The van der Waals surface area contributed by atoms with E-state index in [4.69, 9.17) is 19.4 Å². The topological polar surface area (TPSA) is 175 Å². The number of hydrogen-bond donors (Lipinski definition) is 5. The molecule has 4 fully saturated rings. The first kappa shape index (κ1) is 27.5. The van der Waals surface area contributed by atoms with Gasteiger partial charge in [0.2, 0.25) is 6.61 Å². The zero-order valence-electron chi connectivity index (χ0n) is 21.9. The fraction of sp³-hybridized carbons (Fsp3) is 0.815. The average molecular weight is 538 g/mol. The number of aliphatic hydroxyl groups excluding tert-OH is 3. The van der Waals surface area contributed by atoms with Gasteiger partial charge in [-0.25, -0.2) is 9.59 Å². The molecule has 0 bridgehead atoms. The summed E-state index contributed by atoms with van der Waals surface area (Å²) in [5, 5.41) is 53.0. The molecular weight excluding hydrogens is 498 g/mol. The second-order valence-corrected chi connectivity index (χ2v) is 12.2. The minimum Gasteiger partial charge on any atom is -0.479 e. The molecule has 11 nitrogen and oxygen atoms in total. The van der Waals surface area contributed by atoms with E-state index < -0.39 is 49.3 Å². The number of carboxylic acid groups (broad SMARTS) is 2. The number of nitrogens with zero attached hydrogens (tertiary/aromatic N) is 1. The van der Waals surface area contributed by atoms with E-state index in [1.807, 2.05) is 0 Å². The number of carboxylic acids is 2. The number of rotatable bonds is 6. The average Bonchev–Trinajstić information content (AvgIpc) is 3.20. The van der Waals surface area contributed by atoms with Gasteiger partial charge in [-0.1, -0.05) is 30.7 Å². The van der Waals surface area contributed by atoms with Crippen molar-refractivity contribution in [3.05, 3.63) is 11.6 Å². The van der Waals surface area contributed by atoms with Gasteiger partial charge in [-0.05, 0) is 73.5 Å². The lowest BCUT2D eigenvalue weighted by molar-refractivity contribution is -0.312. The highest BCUT2D eigenvalue weighted by Gasteiger charge is 2.60. The smallest absolute Gasteiger partial charge is 0.344 e. The van der Waals surface area contributed by atoms with Gasteiger partial charge >= 0.3 is 11.9 Å². The number of hydrogen-bond acceptors (Lipinski definition) is 9. The van der Waals surface area contributed by atoms with Crippen LogP contribution in [-0.4, -0.2) is 86.6 Å². The van der Waals surface area contributed by atoms with Crippen molar-refractivity contribution in [2.75, 3.05) is 6.61 Å². The third-order valence-electron chi connectivity index (χ3n) is 10.4. The molecule has 0 aromatic heterocycles. The van der Waals surface area contributed by atoms with Crippen LogP contribution in [0.15, 0.2) is 16.8 Å². The predicted molar refractivity (Wildman–Crippen MR) is 132 cm³/mol. The number of carbonyl (C=O) groups is 2. The van der Waals surface area contributed by atoms with Gasteiger partial charge in [-0.2, -0.15) is 0 Å². The molecule has 0 aromatic rings. The van der Waals surface area contributed by atoms with Crippen molar-refractivity contribution in [3.8, 4) is 0 Å². The minimum atomic E-state index is -1.74. The first-order valence-corrected chi connectivity index (χ1v) is 13.6. The Morgan fingerprint density at radius 2 is 1.82 bits per heavy atom. The SMILES string of the molecule is C[C@]12CC[C@H]3[C@@H](CC=C4C/C(=N/OCC(=O)O)CC[C@@]43C)[C@@H]1CC[C@@H]2O[C@@H]1O[C@H](C(=O)O)[C@@H](O)[C@H](O)[C@H]1O. The molecule has 5 rings (SSSR count). The molecular formula is C27H39NO10. The first-order valence-electron chi connectivity index (χ1n) is 13.6. The Hall–Kier alpha value is -2.05. The molecule has 4 aliphatic carbocycles. The molecule has 212 valence electrons. The molecule has 0 unspecified atom stereocenters. The lowest BCUT2D eigenvalue weighted by Crippen LogP contribution is -2.61. The summed E-state index contributed by atoms with van der Waals surface area (Å²) in [4.78, 5) is 27.2. The molecule has 0 aromatic carbocycles. The van der Waals surface area contributed by atoms with Crippen LogP contribution in [0.2, 0.25) is 0 Å². The molecule has 1 aliphatic heterocycles. The Kier molecular flexibility index (Phi) is 7.36. The van der Waals surface area contributed by atoms with Crippen molar-refractivity contribution in [1.82, 2.24) is 0 Å². The number of aliphatic carboxylic acids is 2. The number of aliphatic hydroxyl groups is 3. The van der Waals surface area contributed by atoms with Crippen LogP contribution in [0.5, 0.6) is 0 Å². The molecule has 1 saturated heterocycles. The minimum absolute atomic E-state index is 0.0483. The van der Waals surface area contributed by atoms with E-state index in [-0.39, 0.29) is 16.9 Å². The summed E-state index contributed by atoms with van der Waals surface area (Å²) >= 11 is 0. The van der Waals surface area contributed by atoms with Crippen molar-refractivity contribution in [2.24, 2.45) is 33.7 Å². The molecule has 0 spiro atoms. The summed E-state index contributed by atoms with van der Waals surface area (Å²) in [5.41, 5.74) is 2.12. The standard InChI is InChI=1S/C27H39NO10/c1-26-9-7-14(28-36-12-19(29)30)11-13(26)3-4-15-16-5-6-18(27(16,2)10-8-17(15)26)37-25-22(33)20(31)21(32)23(38-25)24(34)35/h3,15-18,20-23,25,31-33H,4-12H2,1-2H3,(H,29,30)(H,34,35)/b28-14+/t15-,16-,17-,18-,20-,21-,22+,23-,25+,26-,27-/m0/s1. The molecule has 0 radical (unpaired) electrons. The molecule has 11 atom stereocenters. The summed E-state index contributed by atoms with van der Waals surface area (Å²) in [6, 6.07) is 0. The largest absolute Gasteiger partial charge is 0.479 e. The molecule has 38 heavy (non-hydrogen) atoms. The van der Waals surface area contributed by atoms with Crippen molar-refractivity contribution >= 4 is 17.7 Å². The number of ether oxygens (including phenoxy) is 2. The zero-order chi connectivity index (χ0) is 27.4. The normalized spacial score (nSPS) is 47.4. The van der Waals surface area contributed by atoms with Gasteiger partial charge in [0, 0.05) is 6.42 Å². The molecule has 5 N–H and O–H groups in total. The van der Waals surface area contributed by atoms with Gasteiger partial charge in [-0.3, -0.25) is 0 Å². The highest BCUT2D eigenvalue weighted by Crippen LogP contribution is 2.65. The predicted octanol–water partition coefficient (Wildman–Crippen LogP) is 1.68. The highest BCUT2D eigenvalue weighted by atomic mass is 16.7. The Balaban J connectivity index is 1.29.